The Labute approximate surface area is 111 Å². The molecule has 0 atom stereocenters. The van der Waals surface area contributed by atoms with Crippen LogP contribution in [0.2, 0.25) is 0 Å². The summed E-state index contributed by atoms with van der Waals surface area (Å²) in [6.45, 7) is 11.0. The van der Waals surface area contributed by atoms with E-state index in [9.17, 15) is 0 Å². The van der Waals surface area contributed by atoms with Gasteiger partial charge < -0.3 is 10.1 Å². The van der Waals surface area contributed by atoms with Crippen molar-refractivity contribution < 1.29 is 4.74 Å². The minimum atomic E-state index is -0.263. The van der Waals surface area contributed by atoms with Crippen LogP contribution in [-0.2, 0) is 0 Å². The van der Waals surface area contributed by atoms with Crippen molar-refractivity contribution >= 4 is 27.5 Å². The van der Waals surface area contributed by atoms with Gasteiger partial charge in [-0.25, -0.2) is 4.98 Å². The highest BCUT2D eigenvalue weighted by Gasteiger charge is 2.18. The van der Waals surface area contributed by atoms with Gasteiger partial charge in [-0.1, -0.05) is 0 Å². The average Bonchev–Trinajstić information content (AvgIpc) is 2.57. The Hall–Kier alpha value is -1.36. The SMILES string of the molecule is CCNc1nc(OC(C)(C)C)c2cc(C)sc2n1. The zero-order chi connectivity index (χ0) is 13.3. The first-order chi connectivity index (χ1) is 8.39. The maximum Gasteiger partial charge on any atom is 0.227 e. The lowest BCUT2D eigenvalue weighted by Gasteiger charge is -2.21. The Balaban J connectivity index is 2.53. The van der Waals surface area contributed by atoms with Crippen molar-refractivity contribution in [2.45, 2.75) is 40.2 Å². The Bertz CT molecular complexity index is 557. The highest BCUT2D eigenvalue weighted by molar-refractivity contribution is 7.18. The molecule has 0 bridgehead atoms. The second-order valence-electron chi connectivity index (χ2n) is 5.17. The number of aryl methyl sites for hydroxylation is 1. The van der Waals surface area contributed by atoms with E-state index in [1.165, 1.54) is 4.88 Å². The number of hydrogen-bond donors (Lipinski definition) is 1. The molecular formula is C13H19N3OS. The van der Waals surface area contributed by atoms with Crippen LogP contribution in [0.1, 0.15) is 32.6 Å². The fourth-order valence-corrected chi connectivity index (χ4v) is 2.49. The summed E-state index contributed by atoms with van der Waals surface area (Å²) in [7, 11) is 0. The van der Waals surface area contributed by atoms with Gasteiger partial charge in [0.05, 0.1) is 5.39 Å². The van der Waals surface area contributed by atoms with E-state index in [1.54, 1.807) is 11.3 Å². The van der Waals surface area contributed by atoms with E-state index in [2.05, 4.69) is 28.3 Å². The molecule has 0 aliphatic heterocycles. The monoisotopic (exact) mass is 265 g/mol. The van der Waals surface area contributed by atoms with Crippen LogP contribution in [-0.4, -0.2) is 22.1 Å². The maximum absolute atomic E-state index is 5.93. The molecule has 0 radical (unpaired) electrons. The third-order valence-corrected chi connectivity index (χ3v) is 3.16. The van der Waals surface area contributed by atoms with Crippen molar-refractivity contribution in [3.8, 4) is 5.88 Å². The summed E-state index contributed by atoms with van der Waals surface area (Å²) in [5.74, 6) is 1.29. The number of ether oxygens (including phenoxy) is 1. The van der Waals surface area contributed by atoms with Gasteiger partial charge in [0.15, 0.2) is 0 Å². The normalized spacial score (nSPS) is 11.8. The van der Waals surface area contributed by atoms with Gasteiger partial charge in [0, 0.05) is 11.4 Å². The summed E-state index contributed by atoms with van der Waals surface area (Å²) in [6, 6.07) is 2.08. The van der Waals surface area contributed by atoms with Gasteiger partial charge in [-0.15, -0.1) is 11.3 Å². The lowest BCUT2D eigenvalue weighted by atomic mass is 10.2. The van der Waals surface area contributed by atoms with E-state index in [-0.39, 0.29) is 5.60 Å². The largest absolute Gasteiger partial charge is 0.471 e. The smallest absolute Gasteiger partial charge is 0.227 e. The first kappa shape index (κ1) is 13.1. The molecule has 5 heteroatoms. The molecule has 0 unspecified atom stereocenters. The van der Waals surface area contributed by atoms with Gasteiger partial charge in [0.2, 0.25) is 11.8 Å². The minimum absolute atomic E-state index is 0.263. The van der Waals surface area contributed by atoms with Crippen molar-refractivity contribution in [3.05, 3.63) is 10.9 Å². The molecule has 2 aromatic heterocycles. The molecular weight excluding hydrogens is 246 g/mol. The van der Waals surface area contributed by atoms with E-state index >= 15 is 0 Å². The zero-order valence-electron chi connectivity index (χ0n) is 11.5. The van der Waals surface area contributed by atoms with E-state index < -0.39 is 0 Å². The average molecular weight is 265 g/mol. The topological polar surface area (TPSA) is 47.0 Å². The van der Waals surface area contributed by atoms with Crippen LogP contribution in [0.5, 0.6) is 5.88 Å². The van der Waals surface area contributed by atoms with Crippen molar-refractivity contribution in [1.82, 2.24) is 9.97 Å². The molecule has 0 spiro atoms. The first-order valence-corrected chi connectivity index (χ1v) is 6.92. The predicted molar refractivity (Wildman–Crippen MR) is 76.7 cm³/mol. The van der Waals surface area contributed by atoms with Crippen molar-refractivity contribution in [3.63, 3.8) is 0 Å². The number of aromatic nitrogens is 2. The second-order valence-corrected chi connectivity index (χ2v) is 6.41. The van der Waals surface area contributed by atoms with Crippen LogP contribution in [0.3, 0.4) is 0 Å². The molecule has 2 aromatic rings. The Morgan fingerprint density at radius 2 is 2.06 bits per heavy atom. The molecule has 18 heavy (non-hydrogen) atoms. The fourth-order valence-electron chi connectivity index (χ4n) is 1.62. The van der Waals surface area contributed by atoms with Crippen LogP contribution >= 0.6 is 11.3 Å². The highest BCUT2D eigenvalue weighted by Crippen LogP contribution is 2.32. The molecule has 0 amide bonds. The van der Waals surface area contributed by atoms with Crippen molar-refractivity contribution in [2.24, 2.45) is 0 Å². The van der Waals surface area contributed by atoms with Gasteiger partial charge in [-0.05, 0) is 40.7 Å². The summed E-state index contributed by atoms with van der Waals surface area (Å²) in [6.07, 6.45) is 0. The summed E-state index contributed by atoms with van der Waals surface area (Å²) in [5, 5.41) is 4.13. The molecule has 0 aliphatic carbocycles. The number of rotatable bonds is 3. The molecule has 0 saturated carbocycles. The molecule has 0 aliphatic rings. The standard InChI is InChI=1S/C13H19N3OS/c1-6-14-12-15-10(17-13(3,4)5)9-7-8(2)18-11(9)16-12/h7H,6H2,1-5H3,(H,14,15,16). The summed E-state index contributed by atoms with van der Waals surface area (Å²) < 4.78 is 5.93. The number of fused-ring (bicyclic) bond motifs is 1. The summed E-state index contributed by atoms with van der Waals surface area (Å²) >= 11 is 1.66. The Morgan fingerprint density at radius 3 is 2.67 bits per heavy atom. The van der Waals surface area contributed by atoms with Gasteiger partial charge in [0.25, 0.3) is 0 Å². The lowest BCUT2D eigenvalue weighted by Crippen LogP contribution is -2.24. The first-order valence-electron chi connectivity index (χ1n) is 6.10. The summed E-state index contributed by atoms with van der Waals surface area (Å²) in [4.78, 5) is 11.1. The third kappa shape index (κ3) is 2.90. The summed E-state index contributed by atoms with van der Waals surface area (Å²) in [5.41, 5.74) is -0.263. The van der Waals surface area contributed by atoms with Gasteiger partial charge in [0.1, 0.15) is 10.4 Å². The third-order valence-electron chi connectivity index (χ3n) is 2.22. The van der Waals surface area contributed by atoms with Crippen LogP contribution in [0, 0.1) is 6.92 Å². The predicted octanol–water partition coefficient (Wildman–Crippen LogP) is 3.61. The van der Waals surface area contributed by atoms with Crippen LogP contribution in [0.25, 0.3) is 10.2 Å². The molecule has 2 rings (SSSR count). The second kappa shape index (κ2) is 4.72. The van der Waals surface area contributed by atoms with E-state index in [0.29, 0.717) is 11.8 Å². The molecule has 2 heterocycles. The Morgan fingerprint density at radius 1 is 1.33 bits per heavy atom. The minimum Gasteiger partial charge on any atom is -0.471 e. The van der Waals surface area contributed by atoms with Crippen molar-refractivity contribution in [1.29, 1.82) is 0 Å². The molecule has 1 N–H and O–H groups in total. The zero-order valence-corrected chi connectivity index (χ0v) is 12.3. The van der Waals surface area contributed by atoms with Crippen molar-refractivity contribution in [2.75, 3.05) is 11.9 Å². The van der Waals surface area contributed by atoms with Crippen LogP contribution in [0.4, 0.5) is 5.95 Å². The quantitative estimate of drug-likeness (QED) is 0.921. The number of anilines is 1. The van der Waals surface area contributed by atoms with Gasteiger partial charge in [-0.2, -0.15) is 4.98 Å². The molecule has 4 nitrogen and oxygen atoms in total. The number of hydrogen-bond acceptors (Lipinski definition) is 5. The van der Waals surface area contributed by atoms with E-state index in [1.807, 2.05) is 27.7 Å². The maximum atomic E-state index is 5.93. The highest BCUT2D eigenvalue weighted by atomic mass is 32.1. The number of nitrogens with zero attached hydrogens (tertiary/aromatic N) is 2. The lowest BCUT2D eigenvalue weighted by molar-refractivity contribution is 0.126. The van der Waals surface area contributed by atoms with Gasteiger partial charge >= 0.3 is 0 Å². The fraction of sp³-hybridized carbons (Fsp3) is 0.538. The molecule has 0 aromatic carbocycles. The Kier molecular flexibility index (Phi) is 3.43. The number of thiophene rings is 1. The van der Waals surface area contributed by atoms with Crippen LogP contribution < -0.4 is 10.1 Å². The van der Waals surface area contributed by atoms with Crippen LogP contribution in [0.15, 0.2) is 6.07 Å². The van der Waals surface area contributed by atoms with Gasteiger partial charge in [-0.3, -0.25) is 0 Å². The molecule has 0 fully saturated rings. The van der Waals surface area contributed by atoms with E-state index in [0.717, 1.165) is 16.8 Å². The van der Waals surface area contributed by atoms with E-state index in [4.69, 9.17) is 4.74 Å². The number of nitrogens with one attached hydrogen (secondary N) is 1. The molecule has 98 valence electrons. The molecule has 0 saturated heterocycles.